The zero-order chi connectivity index (χ0) is 14.7. The third-order valence-electron chi connectivity index (χ3n) is 3.54. The van der Waals surface area contributed by atoms with Crippen molar-refractivity contribution in [1.29, 1.82) is 0 Å². The van der Waals surface area contributed by atoms with E-state index in [-0.39, 0.29) is 11.7 Å². The van der Waals surface area contributed by atoms with Crippen LogP contribution in [0.3, 0.4) is 0 Å². The summed E-state index contributed by atoms with van der Waals surface area (Å²) in [7, 11) is 1.66. The Kier molecular flexibility index (Phi) is 4.23. The predicted octanol–water partition coefficient (Wildman–Crippen LogP) is 4.36. The quantitative estimate of drug-likeness (QED) is 0.770. The van der Waals surface area contributed by atoms with Crippen LogP contribution in [-0.2, 0) is 0 Å². The van der Waals surface area contributed by atoms with Gasteiger partial charge >= 0.3 is 0 Å². The molecule has 0 bridgehead atoms. The molecule has 0 fully saturated rings. The Hall–Kier alpha value is -2.09. The number of methoxy groups -OCH3 is 1. The largest absolute Gasteiger partial charge is 0.496 e. The maximum absolute atomic E-state index is 12.7. The van der Waals surface area contributed by atoms with E-state index in [1.165, 1.54) is 0 Å². The van der Waals surface area contributed by atoms with E-state index in [1.807, 2.05) is 49.4 Å². The molecule has 0 spiro atoms. The highest BCUT2D eigenvalue weighted by atomic mass is 16.5. The van der Waals surface area contributed by atoms with Crippen LogP contribution in [0.25, 0.3) is 0 Å². The third-order valence-corrected chi connectivity index (χ3v) is 3.54. The molecule has 0 aliphatic rings. The van der Waals surface area contributed by atoms with Crippen LogP contribution in [0.2, 0.25) is 0 Å². The molecule has 0 aromatic heterocycles. The SMILES string of the molecule is COc1ccc(C(=O)c2ccccc2)c(C(C)C)c1C. The van der Waals surface area contributed by atoms with E-state index in [2.05, 4.69) is 13.8 Å². The van der Waals surface area contributed by atoms with Crippen LogP contribution in [0.1, 0.15) is 46.8 Å². The Morgan fingerprint density at radius 2 is 1.70 bits per heavy atom. The van der Waals surface area contributed by atoms with Gasteiger partial charge in [-0.25, -0.2) is 0 Å². The summed E-state index contributed by atoms with van der Waals surface area (Å²) in [6.07, 6.45) is 0. The molecule has 0 saturated heterocycles. The average Bonchev–Trinajstić information content (AvgIpc) is 2.46. The maximum atomic E-state index is 12.7. The van der Waals surface area contributed by atoms with Crippen molar-refractivity contribution in [3.63, 3.8) is 0 Å². The second-order valence-electron chi connectivity index (χ2n) is 5.20. The summed E-state index contributed by atoms with van der Waals surface area (Å²) in [5, 5.41) is 0. The minimum atomic E-state index is 0.0695. The summed E-state index contributed by atoms with van der Waals surface area (Å²) in [5.74, 6) is 1.17. The summed E-state index contributed by atoms with van der Waals surface area (Å²) in [4.78, 5) is 12.7. The molecule has 0 radical (unpaired) electrons. The van der Waals surface area contributed by atoms with Crippen molar-refractivity contribution in [2.75, 3.05) is 7.11 Å². The van der Waals surface area contributed by atoms with Gasteiger partial charge in [0.25, 0.3) is 0 Å². The Morgan fingerprint density at radius 3 is 2.25 bits per heavy atom. The highest BCUT2D eigenvalue weighted by Crippen LogP contribution is 2.31. The fourth-order valence-electron chi connectivity index (χ4n) is 2.62. The zero-order valence-corrected chi connectivity index (χ0v) is 12.4. The Labute approximate surface area is 120 Å². The lowest BCUT2D eigenvalue weighted by Gasteiger charge is -2.18. The van der Waals surface area contributed by atoms with E-state index >= 15 is 0 Å². The molecule has 2 heteroatoms. The predicted molar refractivity (Wildman–Crippen MR) is 81.7 cm³/mol. The Bertz CT molecular complexity index is 613. The first kappa shape index (κ1) is 14.3. The number of hydrogen-bond acceptors (Lipinski definition) is 2. The van der Waals surface area contributed by atoms with Crippen molar-refractivity contribution in [2.45, 2.75) is 26.7 Å². The standard InChI is InChI=1S/C18H20O2/c1-12(2)17-13(3)16(20-4)11-10-15(17)18(19)14-8-6-5-7-9-14/h5-12H,1-4H3. The van der Waals surface area contributed by atoms with E-state index in [9.17, 15) is 4.79 Å². The van der Waals surface area contributed by atoms with Crippen LogP contribution < -0.4 is 4.74 Å². The molecular weight excluding hydrogens is 248 g/mol. The van der Waals surface area contributed by atoms with Gasteiger partial charge in [0, 0.05) is 11.1 Å². The number of hydrogen-bond donors (Lipinski definition) is 0. The van der Waals surface area contributed by atoms with Crippen molar-refractivity contribution in [3.05, 3.63) is 64.7 Å². The first-order chi connectivity index (χ1) is 9.56. The molecule has 0 amide bonds. The number of benzene rings is 2. The molecule has 0 aliphatic carbocycles. The number of carbonyl (C=O) groups excluding carboxylic acids is 1. The van der Waals surface area contributed by atoms with Crippen molar-refractivity contribution in [3.8, 4) is 5.75 Å². The lowest BCUT2D eigenvalue weighted by Crippen LogP contribution is -2.09. The van der Waals surface area contributed by atoms with Gasteiger partial charge in [-0.15, -0.1) is 0 Å². The zero-order valence-electron chi connectivity index (χ0n) is 12.4. The molecule has 2 rings (SSSR count). The van der Waals surface area contributed by atoms with Gasteiger partial charge in [0.2, 0.25) is 0 Å². The fraction of sp³-hybridized carbons (Fsp3) is 0.278. The molecular formula is C18H20O2. The summed E-state index contributed by atoms with van der Waals surface area (Å²) in [6.45, 7) is 6.21. The first-order valence-corrected chi connectivity index (χ1v) is 6.83. The lowest BCUT2D eigenvalue weighted by atomic mass is 9.88. The van der Waals surface area contributed by atoms with E-state index in [1.54, 1.807) is 7.11 Å². The molecule has 0 atom stereocenters. The van der Waals surface area contributed by atoms with Crippen LogP contribution in [-0.4, -0.2) is 12.9 Å². The summed E-state index contributed by atoms with van der Waals surface area (Å²) in [5.41, 5.74) is 3.60. The molecule has 104 valence electrons. The van der Waals surface area contributed by atoms with Gasteiger partial charge in [0.15, 0.2) is 5.78 Å². The van der Waals surface area contributed by atoms with Crippen molar-refractivity contribution in [2.24, 2.45) is 0 Å². The van der Waals surface area contributed by atoms with Crippen LogP contribution in [0.4, 0.5) is 0 Å². The third kappa shape index (κ3) is 2.60. The van der Waals surface area contributed by atoms with Crippen LogP contribution in [0.5, 0.6) is 5.75 Å². The Balaban J connectivity index is 2.57. The van der Waals surface area contributed by atoms with Gasteiger partial charge in [-0.1, -0.05) is 44.2 Å². The van der Waals surface area contributed by atoms with Crippen LogP contribution in [0, 0.1) is 6.92 Å². The van der Waals surface area contributed by atoms with Gasteiger partial charge in [-0.3, -0.25) is 4.79 Å². The summed E-state index contributed by atoms with van der Waals surface area (Å²) < 4.78 is 5.36. The molecule has 2 nitrogen and oxygen atoms in total. The number of carbonyl (C=O) groups is 1. The number of ketones is 1. The summed E-state index contributed by atoms with van der Waals surface area (Å²) in [6, 6.07) is 13.1. The molecule has 0 heterocycles. The highest BCUT2D eigenvalue weighted by Gasteiger charge is 2.19. The Morgan fingerprint density at radius 1 is 1.05 bits per heavy atom. The minimum absolute atomic E-state index is 0.0695. The molecule has 20 heavy (non-hydrogen) atoms. The average molecular weight is 268 g/mol. The van der Waals surface area contributed by atoms with Gasteiger partial charge in [-0.05, 0) is 36.1 Å². The van der Waals surface area contributed by atoms with Gasteiger partial charge < -0.3 is 4.74 Å². The smallest absolute Gasteiger partial charge is 0.193 e. The number of ether oxygens (including phenoxy) is 1. The summed E-state index contributed by atoms with van der Waals surface area (Å²) >= 11 is 0. The minimum Gasteiger partial charge on any atom is -0.496 e. The van der Waals surface area contributed by atoms with Crippen LogP contribution in [0.15, 0.2) is 42.5 Å². The monoisotopic (exact) mass is 268 g/mol. The van der Waals surface area contributed by atoms with Crippen molar-refractivity contribution < 1.29 is 9.53 Å². The highest BCUT2D eigenvalue weighted by molar-refractivity contribution is 6.10. The van der Waals surface area contributed by atoms with E-state index in [4.69, 9.17) is 4.74 Å². The second kappa shape index (κ2) is 5.91. The van der Waals surface area contributed by atoms with Gasteiger partial charge in [0.1, 0.15) is 5.75 Å². The van der Waals surface area contributed by atoms with Gasteiger partial charge in [-0.2, -0.15) is 0 Å². The lowest BCUT2D eigenvalue weighted by molar-refractivity contribution is 0.103. The maximum Gasteiger partial charge on any atom is 0.193 e. The molecule has 0 aliphatic heterocycles. The van der Waals surface area contributed by atoms with Gasteiger partial charge in [0.05, 0.1) is 7.11 Å². The molecule has 0 N–H and O–H groups in total. The second-order valence-corrected chi connectivity index (χ2v) is 5.20. The van der Waals surface area contributed by atoms with Crippen molar-refractivity contribution >= 4 is 5.78 Å². The fourth-order valence-corrected chi connectivity index (χ4v) is 2.62. The number of rotatable bonds is 4. The molecule has 2 aromatic carbocycles. The van der Waals surface area contributed by atoms with E-state index < -0.39 is 0 Å². The first-order valence-electron chi connectivity index (χ1n) is 6.83. The normalized spacial score (nSPS) is 10.7. The molecule has 0 unspecified atom stereocenters. The molecule has 2 aromatic rings. The topological polar surface area (TPSA) is 26.3 Å². The van der Waals surface area contributed by atoms with E-state index in [0.717, 1.165) is 28.0 Å². The van der Waals surface area contributed by atoms with Crippen molar-refractivity contribution in [1.82, 2.24) is 0 Å². The molecule has 0 saturated carbocycles. The van der Waals surface area contributed by atoms with Crippen LogP contribution >= 0.6 is 0 Å². The van der Waals surface area contributed by atoms with E-state index in [0.29, 0.717) is 0 Å².